The van der Waals surface area contributed by atoms with Crippen LogP contribution in [0.3, 0.4) is 0 Å². The van der Waals surface area contributed by atoms with Gasteiger partial charge >= 0.3 is 0 Å². The Morgan fingerprint density at radius 2 is 1.96 bits per heavy atom. The third-order valence-corrected chi connectivity index (χ3v) is 5.49. The van der Waals surface area contributed by atoms with Crippen LogP contribution in [-0.2, 0) is 11.2 Å². The van der Waals surface area contributed by atoms with Crippen molar-refractivity contribution in [3.05, 3.63) is 47.3 Å². The van der Waals surface area contributed by atoms with Gasteiger partial charge in [0.15, 0.2) is 0 Å². The number of aryl methyl sites for hydroxylation is 1. The van der Waals surface area contributed by atoms with Gasteiger partial charge in [-0.2, -0.15) is 0 Å². The van der Waals surface area contributed by atoms with Gasteiger partial charge in [0.05, 0.1) is 25.3 Å². The lowest BCUT2D eigenvalue weighted by Crippen LogP contribution is -2.41. The molecule has 2 aromatic heterocycles. The van der Waals surface area contributed by atoms with Gasteiger partial charge in [-0.25, -0.2) is 4.98 Å². The normalized spacial score (nSPS) is 16.2. The van der Waals surface area contributed by atoms with Gasteiger partial charge in [0, 0.05) is 30.8 Å². The van der Waals surface area contributed by atoms with Gasteiger partial charge in [0.1, 0.15) is 23.0 Å². The molecule has 0 radical (unpaired) electrons. The number of carbonyl (C=O) groups is 1. The molecule has 0 aliphatic carbocycles. The number of ether oxygens (including phenoxy) is 2. The fourth-order valence-corrected chi connectivity index (χ4v) is 4.07. The van der Waals surface area contributed by atoms with E-state index in [1.807, 2.05) is 40.5 Å². The molecule has 28 heavy (non-hydrogen) atoms. The maximum atomic E-state index is 13.6. The number of nitrogen functional groups attached to an aromatic ring is 1. The summed E-state index contributed by atoms with van der Waals surface area (Å²) >= 11 is 0. The maximum absolute atomic E-state index is 13.6. The third kappa shape index (κ3) is 2.54. The first-order valence-corrected chi connectivity index (χ1v) is 9.55. The van der Waals surface area contributed by atoms with Crippen LogP contribution in [0.2, 0.25) is 0 Å². The molecule has 1 fully saturated rings. The van der Waals surface area contributed by atoms with E-state index in [9.17, 15) is 4.79 Å². The monoisotopic (exact) mass is 378 g/mol. The lowest BCUT2D eigenvalue weighted by Gasteiger charge is -2.28. The van der Waals surface area contributed by atoms with Gasteiger partial charge in [-0.3, -0.25) is 4.79 Å². The standard InChI is InChI=1S/C21H22N4O3/c1-13-5-6-16-20(22)23-17(15-4-2-3-14-7-10-28-19(14)15)18(25(13)16)21(26)24-8-11-27-12-9-24/h2-6H,7-12H2,1H3,(H2,22,23). The number of benzene rings is 1. The van der Waals surface area contributed by atoms with Crippen LogP contribution in [0, 0.1) is 6.92 Å². The SMILES string of the molecule is Cc1ccc2c(N)nc(-c3cccc4c3OCC4)c(C(=O)N3CCOCC3)n12. The number of rotatable bonds is 2. The lowest BCUT2D eigenvalue weighted by atomic mass is 10.0. The molecule has 0 saturated carbocycles. The fourth-order valence-electron chi connectivity index (χ4n) is 4.07. The molecular weight excluding hydrogens is 356 g/mol. The molecule has 0 atom stereocenters. The van der Waals surface area contributed by atoms with Crippen molar-refractivity contribution in [2.45, 2.75) is 13.3 Å². The van der Waals surface area contributed by atoms with Crippen molar-refractivity contribution in [2.75, 3.05) is 38.6 Å². The number of para-hydroxylation sites is 1. The van der Waals surface area contributed by atoms with Gasteiger partial charge in [0.2, 0.25) is 0 Å². The van der Waals surface area contributed by atoms with Crippen molar-refractivity contribution in [3.63, 3.8) is 0 Å². The Kier molecular flexibility index (Phi) is 3.98. The summed E-state index contributed by atoms with van der Waals surface area (Å²) in [5.74, 6) is 1.14. The average Bonchev–Trinajstić information content (AvgIpc) is 3.35. The number of nitrogens with two attached hydrogens (primary N) is 1. The number of hydrogen-bond donors (Lipinski definition) is 1. The summed E-state index contributed by atoms with van der Waals surface area (Å²) in [6.07, 6.45) is 0.857. The van der Waals surface area contributed by atoms with Gasteiger partial charge < -0.3 is 24.5 Å². The van der Waals surface area contributed by atoms with E-state index >= 15 is 0 Å². The van der Waals surface area contributed by atoms with Crippen LogP contribution in [0.1, 0.15) is 21.7 Å². The number of amides is 1. The lowest BCUT2D eigenvalue weighted by molar-refractivity contribution is 0.0298. The van der Waals surface area contributed by atoms with Crippen LogP contribution in [0.15, 0.2) is 30.3 Å². The molecule has 2 N–H and O–H groups in total. The first-order valence-electron chi connectivity index (χ1n) is 9.55. The predicted molar refractivity (Wildman–Crippen MR) is 106 cm³/mol. The molecule has 5 rings (SSSR count). The second-order valence-corrected chi connectivity index (χ2v) is 7.19. The first-order chi connectivity index (χ1) is 13.6. The summed E-state index contributed by atoms with van der Waals surface area (Å²) in [7, 11) is 0. The molecule has 1 saturated heterocycles. The van der Waals surface area contributed by atoms with Gasteiger partial charge in [-0.05, 0) is 30.7 Å². The Hall–Kier alpha value is -3.06. The zero-order valence-corrected chi connectivity index (χ0v) is 15.8. The number of hydrogen-bond acceptors (Lipinski definition) is 5. The number of nitrogens with zero attached hydrogens (tertiary/aromatic N) is 3. The Balaban J connectivity index is 1.78. The van der Waals surface area contributed by atoms with Gasteiger partial charge in [0.25, 0.3) is 5.91 Å². The van der Waals surface area contributed by atoms with Gasteiger partial charge in [-0.15, -0.1) is 0 Å². The Labute approximate surface area is 162 Å². The molecule has 2 aliphatic heterocycles. The summed E-state index contributed by atoms with van der Waals surface area (Å²) in [5, 5.41) is 0. The molecule has 7 nitrogen and oxygen atoms in total. The summed E-state index contributed by atoms with van der Waals surface area (Å²) in [6.45, 7) is 4.82. The summed E-state index contributed by atoms with van der Waals surface area (Å²) in [6, 6.07) is 9.85. The highest BCUT2D eigenvalue weighted by atomic mass is 16.5. The van der Waals surface area contributed by atoms with Gasteiger partial charge in [-0.1, -0.05) is 12.1 Å². The average molecular weight is 378 g/mol. The van der Waals surface area contributed by atoms with Crippen molar-refractivity contribution < 1.29 is 14.3 Å². The largest absolute Gasteiger partial charge is 0.492 e. The minimum atomic E-state index is -0.0642. The van der Waals surface area contributed by atoms with E-state index in [1.54, 1.807) is 0 Å². The summed E-state index contributed by atoms with van der Waals surface area (Å²) in [4.78, 5) is 20.1. The topological polar surface area (TPSA) is 82.1 Å². The Bertz CT molecular complexity index is 1080. The number of anilines is 1. The molecule has 2 aliphatic rings. The molecule has 0 spiro atoms. The smallest absolute Gasteiger partial charge is 0.273 e. The van der Waals surface area contributed by atoms with Crippen molar-refractivity contribution in [2.24, 2.45) is 0 Å². The molecule has 144 valence electrons. The van der Waals surface area contributed by atoms with Crippen LogP contribution in [0.5, 0.6) is 5.75 Å². The van der Waals surface area contributed by atoms with Crippen molar-refractivity contribution >= 4 is 17.2 Å². The molecular formula is C21H22N4O3. The molecule has 1 amide bonds. The zero-order valence-electron chi connectivity index (χ0n) is 15.8. The van der Waals surface area contributed by atoms with E-state index < -0.39 is 0 Å². The highest BCUT2D eigenvalue weighted by molar-refractivity contribution is 6.01. The van der Waals surface area contributed by atoms with E-state index in [4.69, 9.17) is 15.2 Å². The highest BCUT2D eigenvalue weighted by Crippen LogP contribution is 2.39. The van der Waals surface area contributed by atoms with E-state index in [-0.39, 0.29) is 5.91 Å². The highest BCUT2D eigenvalue weighted by Gasteiger charge is 2.29. The molecule has 7 heteroatoms. The Morgan fingerprint density at radius 1 is 1.14 bits per heavy atom. The van der Waals surface area contributed by atoms with Crippen LogP contribution in [0.25, 0.3) is 16.8 Å². The fraction of sp³-hybridized carbons (Fsp3) is 0.333. The maximum Gasteiger partial charge on any atom is 0.273 e. The summed E-state index contributed by atoms with van der Waals surface area (Å²) < 4.78 is 13.2. The molecule has 0 bridgehead atoms. The van der Waals surface area contributed by atoms with Crippen LogP contribution < -0.4 is 10.5 Å². The Morgan fingerprint density at radius 3 is 2.79 bits per heavy atom. The van der Waals surface area contributed by atoms with E-state index in [0.29, 0.717) is 50.1 Å². The minimum absolute atomic E-state index is 0.0642. The zero-order chi connectivity index (χ0) is 19.3. The number of carbonyl (C=O) groups excluding carboxylic acids is 1. The van der Waals surface area contributed by atoms with E-state index in [0.717, 1.165) is 34.5 Å². The second kappa shape index (κ2) is 6.53. The van der Waals surface area contributed by atoms with Crippen LogP contribution >= 0.6 is 0 Å². The van der Waals surface area contributed by atoms with Crippen LogP contribution in [0.4, 0.5) is 5.82 Å². The summed E-state index contributed by atoms with van der Waals surface area (Å²) in [5.41, 5.74) is 11.0. The van der Waals surface area contributed by atoms with Crippen molar-refractivity contribution in [1.29, 1.82) is 0 Å². The van der Waals surface area contributed by atoms with Crippen molar-refractivity contribution in [1.82, 2.24) is 14.3 Å². The molecule has 1 aromatic carbocycles. The molecule has 0 unspecified atom stereocenters. The number of fused-ring (bicyclic) bond motifs is 2. The first kappa shape index (κ1) is 17.1. The van der Waals surface area contributed by atoms with E-state index in [1.165, 1.54) is 0 Å². The number of morpholine rings is 1. The van der Waals surface area contributed by atoms with E-state index in [2.05, 4.69) is 11.1 Å². The second-order valence-electron chi connectivity index (χ2n) is 7.19. The number of aromatic nitrogens is 2. The minimum Gasteiger partial charge on any atom is -0.492 e. The molecule has 3 aromatic rings. The van der Waals surface area contributed by atoms with Crippen molar-refractivity contribution in [3.8, 4) is 17.0 Å². The predicted octanol–water partition coefficient (Wildman–Crippen LogP) is 2.30. The molecule has 4 heterocycles. The quantitative estimate of drug-likeness (QED) is 0.740. The third-order valence-electron chi connectivity index (χ3n) is 5.49. The van der Waals surface area contributed by atoms with Crippen LogP contribution in [-0.4, -0.2) is 53.1 Å².